The van der Waals surface area contributed by atoms with E-state index in [1.807, 2.05) is 60.7 Å². The van der Waals surface area contributed by atoms with Crippen molar-refractivity contribution < 1.29 is 19.0 Å². The molecule has 0 unspecified atom stereocenters. The number of carbonyl (C=O) groups is 1. The van der Waals surface area contributed by atoms with Crippen LogP contribution in [0.2, 0.25) is 0 Å². The Labute approximate surface area is 178 Å². The topological polar surface area (TPSA) is 44.8 Å². The van der Waals surface area contributed by atoms with Crippen LogP contribution in [-0.4, -0.2) is 27.1 Å². The predicted octanol–water partition coefficient (Wildman–Crippen LogP) is 5.91. The minimum atomic E-state index is -0.0280. The van der Waals surface area contributed by atoms with E-state index in [4.69, 9.17) is 14.2 Å². The molecule has 0 radical (unpaired) electrons. The van der Waals surface area contributed by atoms with Gasteiger partial charge in [0.05, 0.1) is 21.3 Å². The molecule has 3 aromatic carbocycles. The molecule has 0 N–H and O–H groups in total. The molecule has 0 aromatic heterocycles. The van der Waals surface area contributed by atoms with E-state index in [1.54, 1.807) is 21.3 Å². The van der Waals surface area contributed by atoms with Gasteiger partial charge >= 0.3 is 0 Å². The van der Waals surface area contributed by atoms with E-state index in [0.29, 0.717) is 28.4 Å². The van der Waals surface area contributed by atoms with Crippen LogP contribution in [0.5, 0.6) is 17.2 Å². The molecule has 0 aliphatic rings. The molecule has 0 aliphatic heterocycles. The molecule has 0 bridgehead atoms. The Hall–Kier alpha value is -3.27. The van der Waals surface area contributed by atoms with Crippen molar-refractivity contribution in [2.75, 3.05) is 21.3 Å². The number of ether oxygens (including phenoxy) is 3. The summed E-state index contributed by atoms with van der Waals surface area (Å²) in [5.74, 6) is 1.58. The van der Waals surface area contributed by atoms with Gasteiger partial charge in [-0.3, -0.25) is 4.79 Å². The summed E-state index contributed by atoms with van der Waals surface area (Å²) in [6, 6.07) is 19.1. The maximum absolute atomic E-state index is 13.3. The van der Waals surface area contributed by atoms with Gasteiger partial charge in [-0.1, -0.05) is 69.3 Å². The molecule has 30 heavy (non-hydrogen) atoms. The van der Waals surface area contributed by atoms with Crippen LogP contribution in [0.1, 0.15) is 42.3 Å². The lowest BCUT2D eigenvalue weighted by Gasteiger charge is -2.19. The van der Waals surface area contributed by atoms with E-state index in [1.165, 1.54) is 5.56 Å². The van der Waals surface area contributed by atoms with Gasteiger partial charge in [0.25, 0.3) is 0 Å². The van der Waals surface area contributed by atoms with Crippen molar-refractivity contribution in [1.82, 2.24) is 0 Å². The number of benzene rings is 3. The SMILES string of the molecule is COc1cc(-c2ccccc2C(=O)c2ccc(C(C)(C)C)cc2)cc(OC)c1OC. The highest BCUT2D eigenvalue weighted by molar-refractivity contribution is 6.13. The van der Waals surface area contributed by atoms with Crippen molar-refractivity contribution in [1.29, 1.82) is 0 Å². The Kier molecular flexibility index (Phi) is 6.16. The number of methoxy groups -OCH3 is 3. The first kappa shape index (κ1) is 21.4. The van der Waals surface area contributed by atoms with E-state index in [2.05, 4.69) is 20.8 Å². The molecule has 4 heteroatoms. The summed E-state index contributed by atoms with van der Waals surface area (Å²) in [6.45, 7) is 6.47. The van der Waals surface area contributed by atoms with E-state index >= 15 is 0 Å². The summed E-state index contributed by atoms with van der Waals surface area (Å²) in [7, 11) is 4.72. The van der Waals surface area contributed by atoms with Gasteiger partial charge in [-0.25, -0.2) is 0 Å². The number of hydrogen-bond donors (Lipinski definition) is 0. The standard InChI is InChI=1S/C26H28O4/c1-26(2,3)19-13-11-17(12-14-19)24(27)21-10-8-7-9-20(21)18-15-22(28-4)25(30-6)23(16-18)29-5/h7-16H,1-6H3. The smallest absolute Gasteiger partial charge is 0.203 e. The molecular weight excluding hydrogens is 376 g/mol. The Balaban J connectivity index is 2.08. The lowest BCUT2D eigenvalue weighted by atomic mass is 9.86. The molecule has 0 aliphatic carbocycles. The van der Waals surface area contributed by atoms with Gasteiger partial charge in [-0.2, -0.15) is 0 Å². The summed E-state index contributed by atoms with van der Waals surface area (Å²) in [5, 5.41) is 0. The zero-order valence-corrected chi connectivity index (χ0v) is 18.4. The van der Waals surface area contributed by atoms with Gasteiger partial charge < -0.3 is 14.2 Å². The largest absolute Gasteiger partial charge is 0.493 e. The van der Waals surface area contributed by atoms with E-state index in [0.717, 1.165) is 11.1 Å². The normalized spacial score (nSPS) is 11.1. The average Bonchev–Trinajstić information content (AvgIpc) is 2.77. The first-order valence-corrected chi connectivity index (χ1v) is 9.84. The second-order valence-electron chi connectivity index (χ2n) is 8.12. The third kappa shape index (κ3) is 4.18. The highest BCUT2D eigenvalue weighted by Crippen LogP contribution is 2.42. The summed E-state index contributed by atoms with van der Waals surface area (Å²) < 4.78 is 16.4. The van der Waals surface area contributed by atoms with Gasteiger partial charge in [0.1, 0.15) is 0 Å². The lowest BCUT2D eigenvalue weighted by molar-refractivity contribution is 0.103. The average molecular weight is 405 g/mol. The fraction of sp³-hybridized carbons (Fsp3) is 0.269. The number of hydrogen-bond acceptors (Lipinski definition) is 4. The Morgan fingerprint density at radius 3 is 1.83 bits per heavy atom. The van der Waals surface area contributed by atoms with Gasteiger partial charge in [-0.05, 0) is 34.2 Å². The van der Waals surface area contributed by atoms with E-state index in [9.17, 15) is 4.79 Å². The monoisotopic (exact) mass is 404 g/mol. The lowest BCUT2D eigenvalue weighted by Crippen LogP contribution is -2.11. The second-order valence-corrected chi connectivity index (χ2v) is 8.12. The van der Waals surface area contributed by atoms with Gasteiger partial charge in [0.2, 0.25) is 5.75 Å². The summed E-state index contributed by atoms with van der Waals surface area (Å²) in [4.78, 5) is 13.3. The minimum Gasteiger partial charge on any atom is -0.493 e. The number of carbonyl (C=O) groups excluding carboxylic acids is 1. The Bertz CT molecular complexity index is 1020. The van der Waals surface area contributed by atoms with Crippen molar-refractivity contribution in [3.63, 3.8) is 0 Å². The molecule has 0 heterocycles. The fourth-order valence-corrected chi connectivity index (χ4v) is 3.45. The Morgan fingerprint density at radius 2 is 1.33 bits per heavy atom. The van der Waals surface area contributed by atoms with Crippen molar-refractivity contribution in [3.8, 4) is 28.4 Å². The van der Waals surface area contributed by atoms with E-state index < -0.39 is 0 Å². The van der Waals surface area contributed by atoms with Crippen LogP contribution in [0.4, 0.5) is 0 Å². The highest BCUT2D eigenvalue weighted by Gasteiger charge is 2.20. The maximum atomic E-state index is 13.3. The molecule has 3 rings (SSSR count). The third-order valence-corrected chi connectivity index (χ3v) is 5.16. The molecular formula is C26H28O4. The first-order valence-electron chi connectivity index (χ1n) is 9.84. The molecule has 0 saturated heterocycles. The van der Waals surface area contributed by atoms with Crippen molar-refractivity contribution in [2.24, 2.45) is 0 Å². The predicted molar refractivity (Wildman–Crippen MR) is 120 cm³/mol. The number of rotatable bonds is 6. The quantitative estimate of drug-likeness (QED) is 0.479. The van der Waals surface area contributed by atoms with Gasteiger partial charge in [0, 0.05) is 11.1 Å². The number of ketones is 1. The second kappa shape index (κ2) is 8.62. The molecule has 0 fully saturated rings. The third-order valence-electron chi connectivity index (χ3n) is 5.16. The zero-order chi connectivity index (χ0) is 21.9. The molecule has 0 saturated carbocycles. The summed E-state index contributed by atoms with van der Waals surface area (Å²) in [6.07, 6.45) is 0. The molecule has 3 aromatic rings. The molecule has 0 atom stereocenters. The summed E-state index contributed by atoms with van der Waals surface area (Å²) >= 11 is 0. The van der Waals surface area contributed by atoms with Crippen LogP contribution in [0, 0.1) is 0 Å². The van der Waals surface area contributed by atoms with Crippen LogP contribution in [0.3, 0.4) is 0 Å². The fourth-order valence-electron chi connectivity index (χ4n) is 3.45. The van der Waals surface area contributed by atoms with Gasteiger partial charge in [0.15, 0.2) is 17.3 Å². The molecule has 0 amide bonds. The van der Waals surface area contributed by atoms with Crippen molar-refractivity contribution >= 4 is 5.78 Å². The van der Waals surface area contributed by atoms with Crippen LogP contribution >= 0.6 is 0 Å². The van der Waals surface area contributed by atoms with Crippen LogP contribution < -0.4 is 14.2 Å². The molecule has 156 valence electrons. The van der Waals surface area contributed by atoms with Crippen LogP contribution in [0.25, 0.3) is 11.1 Å². The zero-order valence-electron chi connectivity index (χ0n) is 18.4. The molecule has 4 nitrogen and oxygen atoms in total. The van der Waals surface area contributed by atoms with Gasteiger partial charge in [-0.15, -0.1) is 0 Å². The molecule has 0 spiro atoms. The first-order chi connectivity index (χ1) is 14.3. The highest BCUT2D eigenvalue weighted by atomic mass is 16.5. The van der Waals surface area contributed by atoms with Crippen molar-refractivity contribution in [2.45, 2.75) is 26.2 Å². The maximum Gasteiger partial charge on any atom is 0.203 e. The van der Waals surface area contributed by atoms with E-state index in [-0.39, 0.29) is 11.2 Å². The van der Waals surface area contributed by atoms with Crippen LogP contribution in [-0.2, 0) is 5.41 Å². The minimum absolute atomic E-state index is 0.0280. The summed E-state index contributed by atoms with van der Waals surface area (Å²) in [5.41, 5.74) is 4.13. The van der Waals surface area contributed by atoms with Crippen LogP contribution in [0.15, 0.2) is 60.7 Å². The van der Waals surface area contributed by atoms with Crippen molar-refractivity contribution in [3.05, 3.63) is 77.4 Å². The Morgan fingerprint density at radius 1 is 0.767 bits per heavy atom.